The number of likely N-dealkylation sites (tertiary alicyclic amines) is 1. The number of aromatic nitrogens is 5. The Bertz CT molecular complexity index is 2310. The van der Waals surface area contributed by atoms with Crippen LogP contribution in [0.4, 0.5) is 5.82 Å². The first-order valence-electron chi connectivity index (χ1n) is 19.2. The van der Waals surface area contributed by atoms with Crippen molar-refractivity contribution in [2.45, 2.75) is 69.6 Å². The van der Waals surface area contributed by atoms with E-state index in [2.05, 4.69) is 59.3 Å². The van der Waals surface area contributed by atoms with Crippen molar-refractivity contribution >= 4 is 46.6 Å². The van der Waals surface area contributed by atoms with Crippen molar-refractivity contribution in [3.8, 4) is 17.5 Å². The number of nitrogens with zero attached hydrogens (tertiary/aromatic N) is 7. The van der Waals surface area contributed by atoms with Gasteiger partial charge >= 0.3 is 5.69 Å². The van der Waals surface area contributed by atoms with Gasteiger partial charge in [-0.25, -0.2) is 4.79 Å². The highest BCUT2D eigenvalue weighted by molar-refractivity contribution is 6.31. The molecule has 0 spiro atoms. The summed E-state index contributed by atoms with van der Waals surface area (Å²) in [4.78, 5) is 44.3. The Morgan fingerprint density at radius 2 is 1.70 bits per heavy atom. The summed E-state index contributed by atoms with van der Waals surface area (Å²) in [7, 11) is 0. The summed E-state index contributed by atoms with van der Waals surface area (Å²) < 4.78 is 9.93. The van der Waals surface area contributed by atoms with E-state index in [1.165, 1.54) is 16.8 Å². The molecule has 5 aromatic rings. The Labute approximate surface area is 335 Å². The van der Waals surface area contributed by atoms with Crippen molar-refractivity contribution in [3.05, 3.63) is 110 Å². The van der Waals surface area contributed by atoms with Gasteiger partial charge in [-0.3, -0.25) is 19.1 Å². The fourth-order valence-electron chi connectivity index (χ4n) is 8.45. The summed E-state index contributed by atoms with van der Waals surface area (Å²) in [6.45, 7) is 5.01. The highest BCUT2D eigenvalue weighted by atomic mass is 35.5. The van der Waals surface area contributed by atoms with E-state index in [0.717, 1.165) is 106 Å². The number of ether oxygens (including phenoxy) is 1. The van der Waals surface area contributed by atoms with Crippen molar-refractivity contribution in [1.29, 1.82) is 5.26 Å². The number of rotatable bonds is 9. The zero-order chi connectivity index (χ0) is 37.9. The lowest BCUT2D eigenvalue weighted by molar-refractivity contribution is 0.0888. The quantitative estimate of drug-likeness (QED) is 0.186. The van der Waals surface area contributed by atoms with Gasteiger partial charge in [0, 0.05) is 74.7 Å². The van der Waals surface area contributed by atoms with E-state index in [0.29, 0.717) is 34.0 Å². The van der Waals surface area contributed by atoms with Crippen molar-refractivity contribution < 1.29 is 9.53 Å². The number of carbonyl (C=O) groups excluding carboxylic acids is 1. The molecule has 5 heterocycles. The normalized spacial score (nSPS) is 19.6. The molecule has 0 bridgehead atoms. The molecule has 3 fully saturated rings. The van der Waals surface area contributed by atoms with Crippen LogP contribution in [0.15, 0.2) is 82.6 Å². The van der Waals surface area contributed by atoms with Crippen LogP contribution in [0.25, 0.3) is 16.6 Å². The topological polar surface area (TPSA) is 154 Å². The number of fused-ring (bicyclic) bond motifs is 1. The van der Waals surface area contributed by atoms with Crippen LogP contribution in [-0.2, 0) is 0 Å². The smallest absolute Gasteiger partial charge is 0.332 e. The number of amides is 1. The minimum absolute atomic E-state index is 0. The maximum absolute atomic E-state index is 13.0. The first kappa shape index (κ1) is 39.1. The number of H-pyrrole nitrogens is 1. The summed E-state index contributed by atoms with van der Waals surface area (Å²) >= 11 is 6.15. The average Bonchev–Trinajstić information content (AvgIpc) is 3.64. The fourth-order valence-corrected chi connectivity index (χ4v) is 8.66. The van der Waals surface area contributed by atoms with Crippen LogP contribution in [0.5, 0.6) is 5.75 Å². The molecule has 13 nitrogen and oxygen atoms in total. The Balaban J connectivity index is 0.00000480. The monoisotopic (exact) mass is 797 g/mol. The molecule has 1 aliphatic carbocycles. The number of halogens is 2. The van der Waals surface area contributed by atoms with E-state index in [4.69, 9.17) is 21.6 Å². The largest absolute Gasteiger partial charge is 0.490 e. The summed E-state index contributed by atoms with van der Waals surface area (Å²) in [5.74, 6) is 1.88. The van der Waals surface area contributed by atoms with E-state index in [-0.39, 0.29) is 30.5 Å². The molecule has 0 unspecified atom stereocenters. The van der Waals surface area contributed by atoms with Crippen LogP contribution in [-0.4, -0.2) is 80.0 Å². The van der Waals surface area contributed by atoms with E-state index >= 15 is 0 Å². The zero-order valence-electron chi connectivity index (χ0n) is 31.0. The van der Waals surface area contributed by atoms with Gasteiger partial charge in [0.1, 0.15) is 11.8 Å². The predicted molar refractivity (Wildman–Crippen MR) is 217 cm³/mol. The van der Waals surface area contributed by atoms with Gasteiger partial charge in [-0.2, -0.15) is 5.26 Å². The van der Waals surface area contributed by atoms with Gasteiger partial charge in [-0.15, -0.1) is 22.6 Å². The van der Waals surface area contributed by atoms with Gasteiger partial charge in [0.05, 0.1) is 27.9 Å². The number of piperidine rings is 2. The molecular weight excluding hydrogens is 753 g/mol. The molecular formula is C41H45Cl2N9O4. The van der Waals surface area contributed by atoms with Crippen molar-refractivity contribution in [2.24, 2.45) is 5.92 Å². The van der Waals surface area contributed by atoms with Crippen molar-refractivity contribution in [3.63, 3.8) is 0 Å². The number of aromatic amines is 1. The number of benzene rings is 2. The maximum atomic E-state index is 13.0. The number of anilines is 1. The summed E-state index contributed by atoms with van der Waals surface area (Å²) in [5.41, 5.74) is 1.76. The van der Waals surface area contributed by atoms with E-state index in [9.17, 15) is 14.4 Å². The van der Waals surface area contributed by atoms with Crippen LogP contribution in [0.1, 0.15) is 73.5 Å². The van der Waals surface area contributed by atoms with Crippen molar-refractivity contribution in [2.75, 3.05) is 37.6 Å². The third-order valence-electron chi connectivity index (χ3n) is 11.5. The van der Waals surface area contributed by atoms with Crippen LogP contribution in [0, 0.1) is 17.2 Å². The molecule has 2 aliphatic heterocycles. The molecule has 1 amide bonds. The Morgan fingerprint density at radius 1 is 0.911 bits per heavy atom. The predicted octanol–water partition coefficient (Wildman–Crippen LogP) is 5.89. The third-order valence-corrected chi connectivity index (χ3v) is 11.8. The van der Waals surface area contributed by atoms with Crippen molar-refractivity contribution in [1.82, 2.24) is 34.5 Å². The lowest BCUT2D eigenvalue weighted by Crippen LogP contribution is -2.42. The molecule has 0 radical (unpaired) electrons. The van der Waals surface area contributed by atoms with E-state index < -0.39 is 11.2 Å². The molecule has 3 aromatic heterocycles. The van der Waals surface area contributed by atoms with Gasteiger partial charge < -0.3 is 24.4 Å². The second-order valence-corrected chi connectivity index (χ2v) is 15.4. The average molecular weight is 799 g/mol. The zero-order valence-corrected chi connectivity index (χ0v) is 32.6. The molecule has 8 rings (SSSR count). The molecule has 56 heavy (non-hydrogen) atoms. The Hall–Kier alpha value is -5.16. The first-order chi connectivity index (χ1) is 26.8. The number of carbonyl (C=O) groups is 1. The maximum Gasteiger partial charge on any atom is 0.332 e. The fraction of sp³-hybridized carbons (Fsp3) is 0.415. The highest BCUT2D eigenvalue weighted by Crippen LogP contribution is 2.32. The lowest BCUT2D eigenvalue weighted by atomic mass is 9.92. The molecule has 15 heteroatoms. The first-order valence-corrected chi connectivity index (χ1v) is 19.6. The molecule has 292 valence electrons. The van der Waals surface area contributed by atoms with E-state index in [1.54, 1.807) is 24.3 Å². The number of hydrogen-bond donors (Lipinski definition) is 2. The lowest BCUT2D eigenvalue weighted by Gasteiger charge is -2.38. The van der Waals surface area contributed by atoms with Gasteiger partial charge in [-0.05, 0) is 99.7 Å². The number of nitriles is 1. The SMILES string of the molecule is Cl.N#Cc1ccc(O[C@H]2CC[C@H](NC(=O)c3ccc(N4CCC(CN5CCC(n6ccc7c(-n8ccc(=O)[nH]c8=O)cccc76)CC5)CC4)nn3)CC2)cc1Cl. The van der Waals surface area contributed by atoms with Gasteiger partial charge in [0.25, 0.3) is 11.5 Å². The Morgan fingerprint density at radius 3 is 2.39 bits per heavy atom. The molecule has 2 N–H and O–H groups in total. The highest BCUT2D eigenvalue weighted by Gasteiger charge is 2.28. The second kappa shape index (κ2) is 17.3. The number of nitrogens with one attached hydrogen (secondary N) is 2. The molecule has 1 saturated carbocycles. The molecule has 2 aromatic carbocycles. The van der Waals surface area contributed by atoms with Gasteiger partial charge in [0.15, 0.2) is 11.5 Å². The summed E-state index contributed by atoms with van der Waals surface area (Å²) in [6.07, 6.45) is 11.2. The second-order valence-electron chi connectivity index (χ2n) is 15.0. The molecule has 0 atom stereocenters. The van der Waals surface area contributed by atoms with Gasteiger partial charge in [-0.1, -0.05) is 17.7 Å². The van der Waals surface area contributed by atoms with Gasteiger partial charge in [0.2, 0.25) is 0 Å². The third kappa shape index (κ3) is 8.63. The van der Waals surface area contributed by atoms with Crippen LogP contribution >= 0.6 is 24.0 Å². The van der Waals surface area contributed by atoms with Crippen LogP contribution < -0.4 is 26.2 Å². The minimum atomic E-state index is -0.440. The Kier molecular flexibility index (Phi) is 12.1. The number of hydrogen-bond acceptors (Lipinski definition) is 9. The summed E-state index contributed by atoms with van der Waals surface area (Å²) in [6, 6.07) is 20.7. The van der Waals surface area contributed by atoms with Crippen LogP contribution in [0.2, 0.25) is 5.02 Å². The molecule has 3 aliphatic rings. The standard InChI is InChI=1S/C41H44ClN9O4.ClH/c42-34-24-32(7-4-28(34)25-43)55-31-8-5-29(6-9-31)44-40(53)35-10-11-38(47-46-35)49-20-12-27(13-21-49)26-48-18-14-30(15-19-48)50-22-16-33-36(50)2-1-3-37(33)51-23-17-39(52)45-41(51)54;/h1-4,7,10-11,16-17,22-24,27,29-31H,5-6,8-9,12-15,18-21,26H2,(H,44,53)(H,45,52,54);1H/t29-,31-;. The summed E-state index contributed by atoms with van der Waals surface area (Å²) in [5, 5.41) is 22.3. The van der Waals surface area contributed by atoms with Crippen LogP contribution in [0.3, 0.4) is 0 Å². The minimum Gasteiger partial charge on any atom is -0.490 e. The van der Waals surface area contributed by atoms with E-state index in [1.807, 2.05) is 18.2 Å². The molecule has 2 saturated heterocycles.